The number of aromatic amines is 2. The Kier molecular flexibility index (Phi) is 4.35. The predicted octanol–water partition coefficient (Wildman–Crippen LogP) is 4.60. The van der Waals surface area contributed by atoms with Gasteiger partial charge in [0.25, 0.3) is 0 Å². The molecule has 2 heterocycles. The second-order valence-corrected chi connectivity index (χ2v) is 6.12. The number of azo groups is 1. The molecule has 0 spiro atoms. The number of para-hydroxylation sites is 1. The summed E-state index contributed by atoms with van der Waals surface area (Å²) in [6, 6.07) is 17.1. The highest BCUT2D eigenvalue weighted by molar-refractivity contribution is 7.71. The maximum absolute atomic E-state index is 11.5. The van der Waals surface area contributed by atoms with E-state index in [0.717, 1.165) is 11.3 Å². The lowest BCUT2D eigenvalue weighted by molar-refractivity contribution is 0.388. The minimum Gasteiger partial charge on any atom is -0.336 e. The van der Waals surface area contributed by atoms with E-state index in [0.29, 0.717) is 22.0 Å². The second kappa shape index (κ2) is 6.96. The molecule has 4 rings (SSSR count). The number of H-pyrrole nitrogens is 2. The van der Waals surface area contributed by atoms with Crippen molar-refractivity contribution in [2.24, 2.45) is 10.2 Å². The van der Waals surface area contributed by atoms with Crippen molar-refractivity contribution in [3.05, 3.63) is 75.5 Å². The van der Waals surface area contributed by atoms with Crippen LogP contribution in [0.3, 0.4) is 0 Å². The lowest BCUT2D eigenvalue weighted by Crippen LogP contribution is -1.97. The van der Waals surface area contributed by atoms with Crippen LogP contribution in [0.2, 0.25) is 0 Å². The van der Waals surface area contributed by atoms with Crippen molar-refractivity contribution in [2.45, 2.75) is 6.92 Å². The van der Waals surface area contributed by atoms with Crippen molar-refractivity contribution in [1.29, 1.82) is 0 Å². The van der Waals surface area contributed by atoms with Crippen LogP contribution >= 0.6 is 12.2 Å². The summed E-state index contributed by atoms with van der Waals surface area (Å²) in [5.74, 6) is 0.691. The van der Waals surface area contributed by atoms with Crippen LogP contribution in [0.5, 0.6) is 0 Å². The molecule has 2 aromatic heterocycles. The van der Waals surface area contributed by atoms with Gasteiger partial charge in [0.2, 0.25) is 0 Å². The van der Waals surface area contributed by atoms with Crippen molar-refractivity contribution in [3.8, 4) is 17.1 Å². The molecule has 27 heavy (non-hydrogen) atoms. The van der Waals surface area contributed by atoms with E-state index in [1.54, 1.807) is 19.1 Å². The molecule has 0 fully saturated rings. The Morgan fingerprint density at radius 3 is 2.48 bits per heavy atom. The zero-order chi connectivity index (χ0) is 18.8. The standard InChI is InChI=1S/C18H14N6O2S/c1-11-15(17(25)26-23-11)20-19-13-9-7-12(8-10-13)16-21-22-18(27)24(16)14-5-3-2-4-6-14/h2-10,23H,1H3,(H,22,27). The lowest BCUT2D eigenvalue weighted by Gasteiger charge is -2.06. The van der Waals surface area contributed by atoms with Crippen molar-refractivity contribution < 1.29 is 4.52 Å². The molecule has 0 atom stereocenters. The van der Waals surface area contributed by atoms with Gasteiger partial charge >= 0.3 is 5.63 Å². The first-order chi connectivity index (χ1) is 13.1. The highest BCUT2D eigenvalue weighted by atomic mass is 32.1. The number of aryl methyl sites for hydroxylation is 1. The molecular formula is C18H14N6O2S. The second-order valence-electron chi connectivity index (χ2n) is 5.74. The van der Waals surface area contributed by atoms with Crippen molar-refractivity contribution in [2.75, 3.05) is 0 Å². The molecule has 0 bridgehead atoms. The van der Waals surface area contributed by atoms with Crippen molar-refractivity contribution in [1.82, 2.24) is 19.9 Å². The van der Waals surface area contributed by atoms with E-state index in [-0.39, 0.29) is 5.69 Å². The van der Waals surface area contributed by atoms with E-state index in [1.807, 2.05) is 47.0 Å². The molecule has 0 amide bonds. The van der Waals surface area contributed by atoms with E-state index in [4.69, 9.17) is 12.2 Å². The molecule has 9 heteroatoms. The lowest BCUT2D eigenvalue weighted by atomic mass is 10.2. The third-order valence-corrected chi connectivity index (χ3v) is 4.20. The van der Waals surface area contributed by atoms with Gasteiger partial charge in [0.05, 0.1) is 11.4 Å². The van der Waals surface area contributed by atoms with Gasteiger partial charge in [-0.1, -0.05) is 18.2 Å². The van der Waals surface area contributed by atoms with Crippen LogP contribution in [0.1, 0.15) is 5.69 Å². The molecule has 2 N–H and O–H groups in total. The summed E-state index contributed by atoms with van der Waals surface area (Å²) in [4.78, 5) is 11.5. The Labute approximate surface area is 158 Å². The van der Waals surface area contributed by atoms with Gasteiger partial charge in [-0.3, -0.25) is 9.67 Å². The molecular weight excluding hydrogens is 364 g/mol. The zero-order valence-electron chi connectivity index (χ0n) is 14.2. The zero-order valence-corrected chi connectivity index (χ0v) is 15.0. The minimum atomic E-state index is -0.550. The maximum atomic E-state index is 11.5. The largest absolute Gasteiger partial charge is 0.384 e. The first kappa shape index (κ1) is 16.9. The van der Waals surface area contributed by atoms with Crippen LogP contribution in [0.4, 0.5) is 11.4 Å². The van der Waals surface area contributed by atoms with Gasteiger partial charge in [-0.05, 0) is 55.5 Å². The maximum Gasteiger partial charge on any atom is 0.384 e. The van der Waals surface area contributed by atoms with Crippen LogP contribution in [0.25, 0.3) is 17.1 Å². The summed E-state index contributed by atoms with van der Waals surface area (Å²) < 4.78 is 7.03. The highest BCUT2D eigenvalue weighted by Gasteiger charge is 2.11. The molecule has 0 aliphatic heterocycles. The number of rotatable bonds is 4. The first-order valence-corrected chi connectivity index (χ1v) is 8.47. The monoisotopic (exact) mass is 378 g/mol. The molecule has 4 aromatic rings. The summed E-state index contributed by atoms with van der Waals surface area (Å²) in [7, 11) is 0. The summed E-state index contributed by atoms with van der Waals surface area (Å²) in [5, 5.41) is 17.7. The molecule has 0 unspecified atom stereocenters. The number of hydrogen-bond acceptors (Lipinski definition) is 6. The normalized spacial score (nSPS) is 11.3. The van der Waals surface area contributed by atoms with Crippen molar-refractivity contribution >= 4 is 23.6 Å². The van der Waals surface area contributed by atoms with Gasteiger partial charge in [-0.25, -0.2) is 9.95 Å². The first-order valence-electron chi connectivity index (χ1n) is 8.06. The summed E-state index contributed by atoms with van der Waals surface area (Å²) in [5.41, 5.74) is 2.51. The van der Waals surface area contributed by atoms with Gasteiger partial charge in [-0.15, -0.1) is 5.11 Å². The fourth-order valence-corrected chi connectivity index (χ4v) is 2.82. The number of hydrogen-bond donors (Lipinski definition) is 2. The third-order valence-electron chi connectivity index (χ3n) is 3.92. The number of benzene rings is 2. The molecule has 8 nitrogen and oxygen atoms in total. The van der Waals surface area contributed by atoms with Crippen LogP contribution < -0.4 is 5.63 Å². The van der Waals surface area contributed by atoms with Gasteiger partial charge in [0, 0.05) is 11.3 Å². The van der Waals surface area contributed by atoms with Gasteiger partial charge < -0.3 is 4.52 Å². The molecule has 0 radical (unpaired) electrons. The molecule has 0 saturated carbocycles. The summed E-state index contributed by atoms with van der Waals surface area (Å²) in [6.45, 7) is 1.69. The van der Waals surface area contributed by atoms with Gasteiger partial charge in [0.15, 0.2) is 16.3 Å². The Bertz CT molecular complexity index is 1220. The van der Waals surface area contributed by atoms with E-state index < -0.39 is 5.63 Å². The Morgan fingerprint density at radius 2 is 1.81 bits per heavy atom. The quantitative estimate of drug-likeness (QED) is 0.400. The minimum absolute atomic E-state index is 0.157. The third kappa shape index (κ3) is 3.27. The van der Waals surface area contributed by atoms with Crippen LogP contribution in [0, 0.1) is 11.7 Å². The van der Waals surface area contributed by atoms with Crippen LogP contribution in [0.15, 0.2) is 74.1 Å². The van der Waals surface area contributed by atoms with E-state index >= 15 is 0 Å². The van der Waals surface area contributed by atoms with Crippen LogP contribution in [-0.2, 0) is 0 Å². The molecule has 0 saturated heterocycles. The molecule has 0 aliphatic carbocycles. The smallest absolute Gasteiger partial charge is 0.336 e. The average molecular weight is 378 g/mol. The Hall–Kier alpha value is -3.59. The molecule has 0 aliphatic rings. The summed E-state index contributed by atoms with van der Waals surface area (Å²) >= 11 is 5.36. The van der Waals surface area contributed by atoms with E-state index in [9.17, 15) is 4.79 Å². The van der Waals surface area contributed by atoms with Crippen molar-refractivity contribution in [3.63, 3.8) is 0 Å². The molecule has 134 valence electrons. The van der Waals surface area contributed by atoms with E-state index in [1.165, 1.54) is 0 Å². The van der Waals surface area contributed by atoms with Gasteiger partial charge in [0.1, 0.15) is 0 Å². The topological polar surface area (TPSA) is 104 Å². The SMILES string of the molecule is Cc1[nH]oc(=O)c1N=Nc1ccc(-c2n[nH]c(=S)n2-c2ccccc2)cc1. The summed E-state index contributed by atoms with van der Waals surface area (Å²) in [6.07, 6.45) is 0. The fraction of sp³-hybridized carbons (Fsp3) is 0.0556. The number of nitrogens with zero attached hydrogens (tertiary/aromatic N) is 4. The van der Waals surface area contributed by atoms with Gasteiger partial charge in [-0.2, -0.15) is 10.2 Å². The van der Waals surface area contributed by atoms with E-state index in [2.05, 4.69) is 30.1 Å². The van der Waals surface area contributed by atoms with Crippen LogP contribution in [-0.4, -0.2) is 19.9 Å². The fourth-order valence-electron chi connectivity index (χ4n) is 2.58. The predicted molar refractivity (Wildman–Crippen MR) is 102 cm³/mol. The molecule has 2 aromatic carbocycles. The Morgan fingerprint density at radius 1 is 1.07 bits per heavy atom. The Balaban J connectivity index is 1.66. The average Bonchev–Trinajstić information content (AvgIpc) is 3.23. The highest BCUT2D eigenvalue weighted by Crippen LogP contribution is 2.25. The number of nitrogens with one attached hydrogen (secondary N) is 2. The number of aromatic nitrogens is 4.